The van der Waals surface area contributed by atoms with Crippen LogP contribution in [-0.2, 0) is 6.18 Å². The molecule has 6 nitrogen and oxygen atoms in total. The normalized spacial score (nSPS) is 10.9. The van der Waals surface area contributed by atoms with Crippen molar-refractivity contribution in [3.63, 3.8) is 0 Å². The van der Waals surface area contributed by atoms with Gasteiger partial charge in [0.1, 0.15) is 11.4 Å². The van der Waals surface area contributed by atoms with Crippen LogP contribution in [0, 0.1) is 0 Å². The molecule has 0 bridgehead atoms. The van der Waals surface area contributed by atoms with Gasteiger partial charge in [-0.3, -0.25) is 14.6 Å². The van der Waals surface area contributed by atoms with E-state index in [2.05, 4.69) is 15.6 Å². The summed E-state index contributed by atoms with van der Waals surface area (Å²) in [6, 6.07) is 14.7. The lowest BCUT2D eigenvalue weighted by molar-refractivity contribution is -0.141. The number of nitrogens with one attached hydrogen (secondary N) is 2. The molecule has 0 aliphatic heterocycles. The second-order valence-corrected chi connectivity index (χ2v) is 6.14. The van der Waals surface area contributed by atoms with E-state index in [1.54, 1.807) is 31.4 Å². The van der Waals surface area contributed by atoms with Crippen molar-refractivity contribution in [1.82, 2.24) is 4.98 Å². The Hall–Kier alpha value is -3.88. The first kappa shape index (κ1) is 20.8. The third kappa shape index (κ3) is 5.13. The maximum absolute atomic E-state index is 12.5. The van der Waals surface area contributed by atoms with Gasteiger partial charge in [0.15, 0.2) is 0 Å². The number of amides is 2. The molecular weight excluding hydrogens is 399 g/mol. The van der Waals surface area contributed by atoms with Crippen LogP contribution < -0.4 is 15.4 Å². The van der Waals surface area contributed by atoms with E-state index >= 15 is 0 Å². The Balaban J connectivity index is 1.62. The number of benzene rings is 2. The summed E-state index contributed by atoms with van der Waals surface area (Å²) in [5, 5.41) is 5.27. The van der Waals surface area contributed by atoms with Crippen molar-refractivity contribution in [3.05, 3.63) is 83.7 Å². The Kier molecular flexibility index (Phi) is 6.01. The SMILES string of the molecule is COc1ccc(NC(=O)c2ccc(NC(=O)c3ccc(C(F)(F)F)nc3)cc2)cc1. The average molecular weight is 415 g/mol. The Labute approximate surface area is 169 Å². The van der Waals surface area contributed by atoms with Gasteiger partial charge in [-0.15, -0.1) is 0 Å². The van der Waals surface area contributed by atoms with Crippen molar-refractivity contribution in [2.75, 3.05) is 17.7 Å². The van der Waals surface area contributed by atoms with Crippen LogP contribution in [-0.4, -0.2) is 23.9 Å². The zero-order valence-electron chi connectivity index (χ0n) is 15.7. The molecule has 0 atom stereocenters. The molecule has 9 heteroatoms. The van der Waals surface area contributed by atoms with Gasteiger partial charge in [-0.05, 0) is 60.7 Å². The summed E-state index contributed by atoms with van der Waals surface area (Å²) in [6.45, 7) is 0. The van der Waals surface area contributed by atoms with Gasteiger partial charge in [0.2, 0.25) is 0 Å². The summed E-state index contributed by atoms with van der Waals surface area (Å²) in [5.74, 6) is -0.298. The van der Waals surface area contributed by atoms with Crippen LogP contribution in [0.25, 0.3) is 0 Å². The fourth-order valence-corrected chi connectivity index (χ4v) is 2.48. The van der Waals surface area contributed by atoms with Crippen LogP contribution in [0.3, 0.4) is 0 Å². The van der Waals surface area contributed by atoms with E-state index in [9.17, 15) is 22.8 Å². The molecule has 30 heavy (non-hydrogen) atoms. The number of methoxy groups -OCH3 is 1. The Bertz CT molecular complexity index is 1030. The van der Waals surface area contributed by atoms with Crippen LogP contribution >= 0.6 is 0 Å². The molecule has 0 spiro atoms. The number of carbonyl (C=O) groups is 2. The quantitative estimate of drug-likeness (QED) is 0.638. The number of hydrogen-bond acceptors (Lipinski definition) is 4. The summed E-state index contributed by atoms with van der Waals surface area (Å²) in [4.78, 5) is 27.7. The maximum atomic E-state index is 12.5. The minimum Gasteiger partial charge on any atom is -0.497 e. The third-order valence-corrected chi connectivity index (χ3v) is 4.07. The van der Waals surface area contributed by atoms with E-state index < -0.39 is 17.8 Å². The van der Waals surface area contributed by atoms with Gasteiger partial charge in [-0.1, -0.05) is 0 Å². The van der Waals surface area contributed by atoms with Crippen molar-refractivity contribution in [1.29, 1.82) is 0 Å². The molecular formula is C21H16F3N3O3. The number of halogens is 3. The van der Waals surface area contributed by atoms with Crippen LogP contribution in [0.4, 0.5) is 24.5 Å². The van der Waals surface area contributed by atoms with Gasteiger partial charge >= 0.3 is 6.18 Å². The third-order valence-electron chi connectivity index (χ3n) is 4.07. The molecule has 0 aliphatic rings. The lowest BCUT2D eigenvalue weighted by Crippen LogP contribution is -2.15. The number of hydrogen-bond donors (Lipinski definition) is 2. The van der Waals surface area contributed by atoms with E-state index in [1.165, 1.54) is 24.3 Å². The molecule has 0 aliphatic carbocycles. The van der Waals surface area contributed by atoms with Crippen LogP contribution in [0.2, 0.25) is 0 Å². The Morgan fingerprint density at radius 1 is 0.800 bits per heavy atom. The number of rotatable bonds is 5. The van der Waals surface area contributed by atoms with E-state index in [4.69, 9.17) is 4.74 Å². The minimum absolute atomic E-state index is 0.0238. The van der Waals surface area contributed by atoms with Crippen molar-refractivity contribution in [3.8, 4) is 5.75 Å². The highest BCUT2D eigenvalue weighted by atomic mass is 19.4. The van der Waals surface area contributed by atoms with Crippen LogP contribution in [0.15, 0.2) is 66.9 Å². The smallest absolute Gasteiger partial charge is 0.433 e. The molecule has 154 valence electrons. The van der Waals surface area contributed by atoms with E-state index in [0.29, 0.717) is 22.7 Å². The summed E-state index contributed by atoms with van der Waals surface area (Å²) in [7, 11) is 1.54. The number of pyridine rings is 1. The topological polar surface area (TPSA) is 80.3 Å². The Morgan fingerprint density at radius 3 is 1.77 bits per heavy atom. The predicted molar refractivity (Wildman–Crippen MR) is 105 cm³/mol. The van der Waals surface area contributed by atoms with Crippen LogP contribution in [0.1, 0.15) is 26.4 Å². The zero-order valence-corrected chi connectivity index (χ0v) is 15.7. The molecule has 1 heterocycles. The summed E-state index contributed by atoms with van der Waals surface area (Å²) in [5.41, 5.74) is 0.226. The highest BCUT2D eigenvalue weighted by Gasteiger charge is 2.32. The fraction of sp³-hybridized carbons (Fsp3) is 0.0952. The van der Waals surface area contributed by atoms with Crippen LogP contribution in [0.5, 0.6) is 5.75 Å². The Morgan fingerprint density at radius 2 is 1.30 bits per heavy atom. The van der Waals surface area contributed by atoms with E-state index in [1.807, 2.05) is 0 Å². The molecule has 3 aromatic rings. The maximum Gasteiger partial charge on any atom is 0.433 e. The lowest BCUT2D eigenvalue weighted by atomic mass is 10.1. The van der Waals surface area contributed by atoms with Crippen molar-refractivity contribution >= 4 is 23.2 Å². The van der Waals surface area contributed by atoms with Crippen molar-refractivity contribution < 1.29 is 27.5 Å². The first-order valence-corrected chi connectivity index (χ1v) is 8.66. The van der Waals surface area contributed by atoms with Gasteiger partial charge in [0.05, 0.1) is 12.7 Å². The van der Waals surface area contributed by atoms with Gasteiger partial charge in [-0.25, -0.2) is 0 Å². The molecule has 2 amide bonds. The molecule has 2 N–H and O–H groups in total. The number of nitrogens with zero attached hydrogens (tertiary/aromatic N) is 1. The fourth-order valence-electron chi connectivity index (χ4n) is 2.48. The van der Waals surface area contributed by atoms with Crippen molar-refractivity contribution in [2.24, 2.45) is 0 Å². The lowest BCUT2D eigenvalue weighted by Gasteiger charge is -2.09. The number of aromatic nitrogens is 1. The first-order valence-electron chi connectivity index (χ1n) is 8.66. The molecule has 0 saturated heterocycles. The predicted octanol–water partition coefficient (Wildman–Crippen LogP) is 4.61. The largest absolute Gasteiger partial charge is 0.497 e. The van der Waals surface area contributed by atoms with Crippen molar-refractivity contribution in [2.45, 2.75) is 6.18 Å². The average Bonchev–Trinajstić information content (AvgIpc) is 2.74. The second-order valence-electron chi connectivity index (χ2n) is 6.14. The molecule has 3 rings (SSSR count). The molecule has 0 radical (unpaired) electrons. The van der Waals surface area contributed by atoms with Gasteiger partial charge in [-0.2, -0.15) is 13.2 Å². The summed E-state index contributed by atoms with van der Waals surface area (Å²) < 4.78 is 42.7. The summed E-state index contributed by atoms with van der Waals surface area (Å²) in [6.07, 6.45) is -3.72. The number of alkyl halides is 3. The second kappa shape index (κ2) is 8.64. The summed E-state index contributed by atoms with van der Waals surface area (Å²) >= 11 is 0. The monoisotopic (exact) mass is 415 g/mol. The van der Waals surface area contributed by atoms with Gasteiger partial charge < -0.3 is 15.4 Å². The first-order chi connectivity index (χ1) is 14.3. The van der Waals surface area contributed by atoms with Gasteiger partial charge in [0.25, 0.3) is 11.8 Å². The number of ether oxygens (including phenoxy) is 1. The standard InChI is InChI=1S/C21H16F3N3O3/c1-30-17-9-7-16(8-10-17)26-19(28)13-2-5-15(6-3-13)27-20(29)14-4-11-18(25-12-14)21(22,23)24/h2-12H,1H3,(H,26,28)(H,27,29). The molecule has 0 unspecified atom stereocenters. The molecule has 2 aromatic carbocycles. The van der Waals surface area contributed by atoms with E-state index in [0.717, 1.165) is 18.3 Å². The molecule has 1 aromatic heterocycles. The number of carbonyl (C=O) groups excluding carboxylic acids is 2. The highest BCUT2D eigenvalue weighted by molar-refractivity contribution is 6.06. The molecule has 0 fully saturated rings. The van der Waals surface area contributed by atoms with E-state index in [-0.39, 0.29) is 11.5 Å². The number of anilines is 2. The highest BCUT2D eigenvalue weighted by Crippen LogP contribution is 2.27. The van der Waals surface area contributed by atoms with Gasteiger partial charge in [0, 0.05) is 23.1 Å². The molecule has 0 saturated carbocycles. The zero-order chi connectivity index (χ0) is 21.7. The minimum atomic E-state index is -4.57.